The Morgan fingerprint density at radius 3 is 2.69 bits per heavy atom. The second kappa shape index (κ2) is 5.37. The number of thiophene rings is 1. The number of ether oxygens (including phenoxy) is 1. The van der Waals surface area contributed by atoms with Crippen molar-refractivity contribution in [2.75, 3.05) is 13.7 Å². The summed E-state index contributed by atoms with van der Waals surface area (Å²) in [6.45, 7) is 2.81. The van der Waals surface area contributed by atoms with Crippen LogP contribution < -0.4 is 5.73 Å². The molecule has 0 fully saturated rings. The fraction of sp³-hybridized carbons (Fsp3) is 0.600. The quantitative estimate of drug-likeness (QED) is 0.785. The normalized spacial score (nSPS) is 13.2. The average molecular weight is 199 g/mol. The molecule has 74 valence electrons. The Labute approximate surface area is 83.7 Å². The number of hydrogen-bond donors (Lipinski definition) is 1. The minimum atomic E-state index is 0.133. The van der Waals surface area contributed by atoms with Crippen molar-refractivity contribution >= 4 is 11.3 Å². The van der Waals surface area contributed by atoms with Gasteiger partial charge in [-0.3, -0.25) is 0 Å². The first kappa shape index (κ1) is 10.7. The Morgan fingerprint density at radius 2 is 2.15 bits per heavy atom. The summed E-state index contributed by atoms with van der Waals surface area (Å²) in [6.07, 6.45) is 2.04. The van der Waals surface area contributed by atoms with Crippen molar-refractivity contribution < 1.29 is 4.74 Å². The molecular weight excluding hydrogens is 182 g/mol. The van der Waals surface area contributed by atoms with E-state index in [-0.39, 0.29) is 6.04 Å². The summed E-state index contributed by atoms with van der Waals surface area (Å²) in [5, 5.41) is 0. The molecule has 0 aromatic carbocycles. The van der Waals surface area contributed by atoms with E-state index in [1.165, 1.54) is 9.75 Å². The fourth-order valence-electron chi connectivity index (χ4n) is 1.25. The van der Waals surface area contributed by atoms with Crippen LogP contribution in [0, 0.1) is 0 Å². The molecule has 0 saturated carbocycles. The van der Waals surface area contributed by atoms with Crippen molar-refractivity contribution in [2.45, 2.75) is 25.8 Å². The molecule has 1 unspecified atom stereocenters. The summed E-state index contributed by atoms with van der Waals surface area (Å²) < 4.78 is 4.99. The van der Waals surface area contributed by atoms with E-state index in [1.54, 1.807) is 7.11 Å². The van der Waals surface area contributed by atoms with Gasteiger partial charge in [0.05, 0.1) is 6.61 Å². The SMILES string of the molecule is CCc1ccc(CC(N)COC)s1. The van der Waals surface area contributed by atoms with Crippen LogP contribution >= 0.6 is 11.3 Å². The van der Waals surface area contributed by atoms with E-state index in [1.807, 2.05) is 11.3 Å². The van der Waals surface area contributed by atoms with Gasteiger partial charge in [0, 0.05) is 22.9 Å². The van der Waals surface area contributed by atoms with Crippen LogP contribution in [0.25, 0.3) is 0 Å². The maximum absolute atomic E-state index is 5.85. The lowest BCUT2D eigenvalue weighted by Gasteiger charge is -2.07. The van der Waals surface area contributed by atoms with Crippen LogP contribution in [0.4, 0.5) is 0 Å². The van der Waals surface area contributed by atoms with E-state index in [2.05, 4.69) is 19.1 Å². The zero-order valence-electron chi connectivity index (χ0n) is 8.25. The summed E-state index contributed by atoms with van der Waals surface area (Å²) >= 11 is 1.85. The zero-order valence-corrected chi connectivity index (χ0v) is 9.06. The van der Waals surface area contributed by atoms with Gasteiger partial charge in [0.1, 0.15) is 0 Å². The highest BCUT2D eigenvalue weighted by Gasteiger charge is 2.05. The van der Waals surface area contributed by atoms with E-state index in [0.717, 1.165) is 12.8 Å². The Morgan fingerprint density at radius 1 is 1.46 bits per heavy atom. The van der Waals surface area contributed by atoms with Gasteiger partial charge in [-0.05, 0) is 25.0 Å². The molecule has 1 heterocycles. The molecular formula is C10H17NOS. The molecule has 0 saturated heterocycles. The molecule has 0 aliphatic heterocycles. The van der Waals surface area contributed by atoms with Gasteiger partial charge in [0.2, 0.25) is 0 Å². The molecule has 0 spiro atoms. The zero-order chi connectivity index (χ0) is 9.68. The van der Waals surface area contributed by atoms with Gasteiger partial charge in [0.15, 0.2) is 0 Å². The lowest BCUT2D eigenvalue weighted by molar-refractivity contribution is 0.180. The van der Waals surface area contributed by atoms with Gasteiger partial charge in [0.25, 0.3) is 0 Å². The fourth-order valence-corrected chi connectivity index (χ4v) is 2.30. The van der Waals surface area contributed by atoms with Crippen LogP contribution in [-0.2, 0) is 17.6 Å². The Balaban J connectivity index is 2.44. The van der Waals surface area contributed by atoms with Gasteiger partial charge < -0.3 is 10.5 Å². The molecule has 0 aliphatic carbocycles. The van der Waals surface area contributed by atoms with Crippen LogP contribution in [0.1, 0.15) is 16.7 Å². The Hall–Kier alpha value is -0.380. The van der Waals surface area contributed by atoms with Gasteiger partial charge in [-0.25, -0.2) is 0 Å². The maximum Gasteiger partial charge on any atom is 0.0617 e. The summed E-state index contributed by atoms with van der Waals surface area (Å²) in [6, 6.07) is 4.48. The third-order valence-electron chi connectivity index (χ3n) is 1.91. The Kier molecular flexibility index (Phi) is 4.42. The minimum absolute atomic E-state index is 0.133. The average Bonchev–Trinajstić information content (AvgIpc) is 2.52. The third-order valence-corrected chi connectivity index (χ3v) is 3.16. The van der Waals surface area contributed by atoms with Crippen LogP contribution in [0.5, 0.6) is 0 Å². The lowest BCUT2D eigenvalue weighted by atomic mass is 10.2. The molecule has 2 N–H and O–H groups in total. The molecule has 13 heavy (non-hydrogen) atoms. The maximum atomic E-state index is 5.85. The summed E-state index contributed by atoms with van der Waals surface area (Å²) in [7, 11) is 1.69. The molecule has 2 nitrogen and oxygen atoms in total. The summed E-state index contributed by atoms with van der Waals surface area (Å²) in [5.74, 6) is 0. The highest BCUT2D eigenvalue weighted by atomic mass is 32.1. The van der Waals surface area contributed by atoms with E-state index < -0.39 is 0 Å². The highest BCUT2D eigenvalue weighted by molar-refractivity contribution is 7.11. The van der Waals surface area contributed by atoms with Gasteiger partial charge >= 0.3 is 0 Å². The molecule has 0 radical (unpaired) electrons. The van der Waals surface area contributed by atoms with Gasteiger partial charge in [-0.2, -0.15) is 0 Å². The number of nitrogens with two attached hydrogens (primary N) is 1. The predicted molar refractivity (Wildman–Crippen MR) is 57.3 cm³/mol. The van der Waals surface area contributed by atoms with Crippen molar-refractivity contribution in [3.05, 3.63) is 21.9 Å². The molecule has 3 heteroatoms. The van der Waals surface area contributed by atoms with E-state index in [0.29, 0.717) is 6.61 Å². The molecule has 1 aromatic heterocycles. The van der Waals surface area contributed by atoms with E-state index in [9.17, 15) is 0 Å². The molecule has 1 aromatic rings. The van der Waals surface area contributed by atoms with Crippen molar-refractivity contribution in [1.82, 2.24) is 0 Å². The number of hydrogen-bond acceptors (Lipinski definition) is 3. The third kappa shape index (κ3) is 3.46. The first-order chi connectivity index (χ1) is 6.26. The first-order valence-electron chi connectivity index (χ1n) is 4.58. The first-order valence-corrected chi connectivity index (χ1v) is 5.40. The summed E-state index contributed by atoms with van der Waals surface area (Å²) in [4.78, 5) is 2.79. The minimum Gasteiger partial charge on any atom is -0.383 e. The van der Waals surface area contributed by atoms with Crippen molar-refractivity contribution in [1.29, 1.82) is 0 Å². The van der Waals surface area contributed by atoms with Crippen LogP contribution in [0.3, 0.4) is 0 Å². The molecule has 1 atom stereocenters. The largest absolute Gasteiger partial charge is 0.383 e. The molecule has 0 bridgehead atoms. The van der Waals surface area contributed by atoms with Crippen LogP contribution in [-0.4, -0.2) is 19.8 Å². The topological polar surface area (TPSA) is 35.2 Å². The summed E-state index contributed by atoms with van der Waals surface area (Å²) in [5.41, 5.74) is 5.85. The van der Waals surface area contributed by atoms with E-state index in [4.69, 9.17) is 10.5 Å². The van der Waals surface area contributed by atoms with Gasteiger partial charge in [-0.1, -0.05) is 6.92 Å². The van der Waals surface area contributed by atoms with Crippen molar-refractivity contribution in [2.24, 2.45) is 5.73 Å². The second-order valence-corrected chi connectivity index (χ2v) is 4.39. The number of rotatable bonds is 5. The van der Waals surface area contributed by atoms with Crippen molar-refractivity contribution in [3.63, 3.8) is 0 Å². The lowest BCUT2D eigenvalue weighted by Crippen LogP contribution is -2.27. The Bertz CT molecular complexity index is 247. The van der Waals surface area contributed by atoms with Crippen LogP contribution in [0.15, 0.2) is 12.1 Å². The molecule has 0 amide bonds. The smallest absolute Gasteiger partial charge is 0.0617 e. The molecule has 0 aliphatic rings. The van der Waals surface area contributed by atoms with Crippen molar-refractivity contribution in [3.8, 4) is 0 Å². The highest BCUT2D eigenvalue weighted by Crippen LogP contribution is 2.17. The molecule has 1 rings (SSSR count). The standard InChI is InChI=1S/C10H17NOS/c1-3-9-4-5-10(13-9)6-8(11)7-12-2/h4-5,8H,3,6-7,11H2,1-2H3. The second-order valence-electron chi connectivity index (χ2n) is 3.14. The number of aryl methyl sites for hydroxylation is 1. The van der Waals surface area contributed by atoms with Gasteiger partial charge in [-0.15, -0.1) is 11.3 Å². The van der Waals surface area contributed by atoms with E-state index >= 15 is 0 Å². The predicted octanol–water partition coefficient (Wildman–Crippen LogP) is 1.83. The van der Waals surface area contributed by atoms with Crippen LogP contribution in [0.2, 0.25) is 0 Å². The number of methoxy groups -OCH3 is 1. The monoisotopic (exact) mass is 199 g/mol.